The van der Waals surface area contributed by atoms with E-state index < -0.39 is 5.25 Å². The number of fused-ring (bicyclic) bond motifs is 1. The Hall–Kier alpha value is -2.55. The molecule has 28 heavy (non-hydrogen) atoms. The van der Waals surface area contributed by atoms with Crippen molar-refractivity contribution < 1.29 is 19.1 Å². The Morgan fingerprint density at radius 1 is 1.14 bits per heavy atom. The van der Waals surface area contributed by atoms with E-state index in [1.807, 2.05) is 6.07 Å². The van der Waals surface area contributed by atoms with Crippen LogP contribution in [0.15, 0.2) is 47.4 Å². The van der Waals surface area contributed by atoms with Gasteiger partial charge < -0.3 is 20.7 Å². The van der Waals surface area contributed by atoms with Gasteiger partial charge in [-0.2, -0.15) is 0 Å². The molecule has 1 unspecified atom stereocenters. The zero-order valence-electron chi connectivity index (χ0n) is 15.0. The number of hydrogen-bond donors (Lipinski definition) is 3. The molecule has 7 nitrogen and oxygen atoms in total. The van der Waals surface area contributed by atoms with Crippen molar-refractivity contribution in [2.24, 2.45) is 0 Å². The van der Waals surface area contributed by atoms with Crippen molar-refractivity contribution in [3.05, 3.63) is 47.5 Å². The van der Waals surface area contributed by atoms with E-state index in [1.54, 1.807) is 36.4 Å². The van der Waals surface area contributed by atoms with Crippen molar-refractivity contribution in [1.29, 1.82) is 0 Å². The number of rotatable bonds is 6. The largest absolute Gasteiger partial charge is 0.375 e. The monoisotopic (exact) mass is 419 g/mol. The molecule has 2 aromatic rings. The molecule has 0 spiro atoms. The van der Waals surface area contributed by atoms with Crippen molar-refractivity contribution in [2.45, 2.75) is 16.6 Å². The van der Waals surface area contributed by atoms with Gasteiger partial charge in [-0.1, -0.05) is 17.7 Å². The number of carbonyl (C=O) groups is 3. The third kappa shape index (κ3) is 5.25. The highest BCUT2D eigenvalue weighted by Crippen LogP contribution is 2.38. The first-order chi connectivity index (χ1) is 13.4. The molecule has 2 aromatic carbocycles. The Kier molecular flexibility index (Phi) is 6.56. The van der Waals surface area contributed by atoms with Crippen molar-refractivity contribution in [3.8, 4) is 0 Å². The first kappa shape index (κ1) is 20.2. The summed E-state index contributed by atoms with van der Waals surface area (Å²) >= 11 is 7.27. The van der Waals surface area contributed by atoms with E-state index in [2.05, 4.69) is 16.0 Å². The maximum Gasteiger partial charge on any atom is 0.250 e. The van der Waals surface area contributed by atoms with Crippen LogP contribution in [-0.2, 0) is 19.1 Å². The molecule has 0 aromatic heterocycles. The molecule has 0 radical (unpaired) electrons. The topological polar surface area (TPSA) is 96.5 Å². The second kappa shape index (κ2) is 9.09. The molecule has 9 heteroatoms. The fourth-order valence-electron chi connectivity index (χ4n) is 2.64. The minimum absolute atomic E-state index is 0.0127. The second-order valence-corrected chi connectivity index (χ2v) is 7.73. The molecular weight excluding hydrogens is 402 g/mol. The number of halogens is 1. The normalized spacial score (nSPS) is 15.4. The summed E-state index contributed by atoms with van der Waals surface area (Å²) in [4.78, 5) is 37.1. The van der Waals surface area contributed by atoms with E-state index in [0.717, 1.165) is 4.90 Å². The van der Waals surface area contributed by atoms with Gasteiger partial charge in [0.2, 0.25) is 17.7 Å². The number of ether oxygens (including phenoxy) is 1. The summed E-state index contributed by atoms with van der Waals surface area (Å²) in [5.41, 5.74) is 1.71. The van der Waals surface area contributed by atoms with Crippen LogP contribution < -0.4 is 16.0 Å². The van der Waals surface area contributed by atoms with E-state index in [-0.39, 0.29) is 30.7 Å². The summed E-state index contributed by atoms with van der Waals surface area (Å²) in [5, 5.41) is 8.19. The smallest absolute Gasteiger partial charge is 0.250 e. The van der Waals surface area contributed by atoms with Gasteiger partial charge in [0, 0.05) is 34.8 Å². The van der Waals surface area contributed by atoms with Crippen molar-refractivity contribution in [3.63, 3.8) is 0 Å². The SMILES string of the molecule is COCC(=O)Nc1cccc(NC(=O)CC2Sc3ccc(Cl)cc3NC2=O)c1. The Morgan fingerprint density at radius 2 is 1.86 bits per heavy atom. The van der Waals surface area contributed by atoms with Gasteiger partial charge in [0.1, 0.15) is 6.61 Å². The highest BCUT2D eigenvalue weighted by atomic mass is 35.5. The first-order valence-electron chi connectivity index (χ1n) is 8.40. The van der Waals surface area contributed by atoms with Crippen LogP contribution in [0.1, 0.15) is 6.42 Å². The molecule has 146 valence electrons. The average Bonchev–Trinajstić information content (AvgIpc) is 2.63. The number of nitrogens with one attached hydrogen (secondary N) is 3. The molecule has 3 rings (SSSR count). The molecule has 1 aliphatic heterocycles. The fraction of sp³-hybridized carbons (Fsp3) is 0.211. The van der Waals surface area contributed by atoms with E-state index in [1.165, 1.54) is 18.9 Å². The van der Waals surface area contributed by atoms with Crippen molar-refractivity contribution >= 4 is 58.1 Å². The Bertz CT molecular complexity index is 922. The van der Waals surface area contributed by atoms with Crippen LogP contribution in [0, 0.1) is 0 Å². The van der Waals surface area contributed by atoms with Crippen molar-refractivity contribution in [1.82, 2.24) is 0 Å². The lowest BCUT2D eigenvalue weighted by Gasteiger charge is -2.23. The van der Waals surface area contributed by atoms with E-state index in [4.69, 9.17) is 16.3 Å². The lowest BCUT2D eigenvalue weighted by molar-refractivity contribution is -0.120. The number of amides is 3. The summed E-state index contributed by atoms with van der Waals surface area (Å²) in [6.07, 6.45) is 0.0127. The third-order valence-electron chi connectivity index (χ3n) is 3.84. The van der Waals surface area contributed by atoms with Crippen LogP contribution in [0.3, 0.4) is 0 Å². The third-order valence-corrected chi connectivity index (χ3v) is 5.35. The van der Waals surface area contributed by atoms with E-state index in [9.17, 15) is 14.4 Å². The molecule has 0 saturated heterocycles. The van der Waals surface area contributed by atoms with Crippen LogP contribution in [0.25, 0.3) is 0 Å². The van der Waals surface area contributed by atoms with Gasteiger partial charge in [-0.3, -0.25) is 14.4 Å². The van der Waals surface area contributed by atoms with E-state index in [0.29, 0.717) is 22.1 Å². The number of thioether (sulfide) groups is 1. The summed E-state index contributed by atoms with van der Waals surface area (Å²) in [6, 6.07) is 12.0. The molecule has 1 heterocycles. The number of hydrogen-bond acceptors (Lipinski definition) is 5. The van der Waals surface area contributed by atoms with Gasteiger partial charge in [-0.25, -0.2) is 0 Å². The average molecular weight is 420 g/mol. The van der Waals surface area contributed by atoms with Crippen LogP contribution >= 0.6 is 23.4 Å². The second-order valence-electron chi connectivity index (χ2n) is 6.05. The summed E-state index contributed by atoms with van der Waals surface area (Å²) in [7, 11) is 1.43. The molecule has 3 N–H and O–H groups in total. The Labute approximate surface area is 171 Å². The molecule has 0 bridgehead atoms. The Balaban J connectivity index is 1.60. The molecular formula is C19H18ClN3O4S. The van der Waals surface area contributed by atoms with Gasteiger partial charge >= 0.3 is 0 Å². The highest BCUT2D eigenvalue weighted by molar-refractivity contribution is 8.01. The minimum atomic E-state index is -0.543. The fourth-order valence-corrected chi connectivity index (χ4v) is 3.90. The Morgan fingerprint density at radius 3 is 2.57 bits per heavy atom. The molecule has 0 fully saturated rings. The van der Waals surface area contributed by atoms with E-state index >= 15 is 0 Å². The molecule has 1 aliphatic rings. The zero-order valence-corrected chi connectivity index (χ0v) is 16.5. The van der Waals surface area contributed by atoms with Gasteiger partial charge in [0.05, 0.1) is 10.9 Å². The number of methoxy groups -OCH3 is 1. The maximum atomic E-state index is 12.4. The predicted molar refractivity (Wildman–Crippen MR) is 110 cm³/mol. The lowest BCUT2D eigenvalue weighted by atomic mass is 10.2. The van der Waals surface area contributed by atoms with Gasteiger partial charge in [0.25, 0.3) is 0 Å². The minimum Gasteiger partial charge on any atom is -0.375 e. The van der Waals surface area contributed by atoms with Gasteiger partial charge in [0.15, 0.2) is 0 Å². The molecule has 1 atom stereocenters. The van der Waals surface area contributed by atoms with Crippen LogP contribution in [0.5, 0.6) is 0 Å². The summed E-state index contributed by atoms with van der Waals surface area (Å²) in [6.45, 7) is -0.0582. The highest BCUT2D eigenvalue weighted by Gasteiger charge is 2.29. The number of benzene rings is 2. The quantitative estimate of drug-likeness (QED) is 0.667. The summed E-state index contributed by atoms with van der Waals surface area (Å²) in [5.74, 6) is -0.832. The van der Waals surface area contributed by atoms with Crippen molar-refractivity contribution in [2.75, 3.05) is 29.7 Å². The summed E-state index contributed by atoms with van der Waals surface area (Å²) < 4.78 is 4.77. The predicted octanol–water partition coefficient (Wildman–Crippen LogP) is 3.37. The number of carbonyl (C=O) groups excluding carboxylic acids is 3. The molecule has 0 saturated carbocycles. The molecule has 3 amide bonds. The van der Waals surface area contributed by atoms with Crippen LogP contribution in [0.2, 0.25) is 5.02 Å². The maximum absolute atomic E-state index is 12.4. The molecule has 0 aliphatic carbocycles. The van der Waals surface area contributed by atoms with Crippen LogP contribution in [0.4, 0.5) is 17.1 Å². The van der Waals surface area contributed by atoms with Gasteiger partial charge in [-0.15, -0.1) is 11.8 Å². The number of anilines is 3. The van der Waals surface area contributed by atoms with Gasteiger partial charge in [-0.05, 0) is 36.4 Å². The standard InChI is InChI=1S/C19H18ClN3O4S/c1-27-10-18(25)22-13-4-2-3-12(8-13)21-17(24)9-16-19(26)23-14-7-11(20)5-6-15(14)28-16/h2-8,16H,9-10H2,1H3,(H,21,24)(H,22,25)(H,23,26). The van der Waals surface area contributed by atoms with Crippen LogP contribution in [-0.4, -0.2) is 36.7 Å². The first-order valence-corrected chi connectivity index (χ1v) is 9.66. The lowest BCUT2D eigenvalue weighted by Crippen LogP contribution is -2.32. The zero-order chi connectivity index (χ0) is 20.1.